The number of nitrogens with zero attached hydrogens (tertiary/aromatic N) is 1. The van der Waals surface area contributed by atoms with Crippen molar-refractivity contribution in [2.45, 2.75) is 11.8 Å². The monoisotopic (exact) mass is 369 g/mol. The normalized spacial score (nSPS) is 26.8. The summed E-state index contributed by atoms with van der Waals surface area (Å²) >= 11 is 0. The first-order valence-electron chi connectivity index (χ1n) is 9.48. The minimum absolute atomic E-state index is 0.121. The van der Waals surface area contributed by atoms with E-state index in [-0.39, 0.29) is 29.5 Å². The van der Waals surface area contributed by atoms with Gasteiger partial charge >= 0.3 is 0 Å². The number of benzene rings is 3. The number of hydrogen-bond donors (Lipinski definition) is 0. The van der Waals surface area contributed by atoms with Gasteiger partial charge in [0.05, 0.1) is 17.5 Å². The largest absolute Gasteiger partial charge is 0.274 e. The van der Waals surface area contributed by atoms with E-state index in [1.807, 2.05) is 24.3 Å². The maximum absolute atomic E-state index is 13.5. The van der Waals surface area contributed by atoms with E-state index >= 15 is 0 Å². The van der Waals surface area contributed by atoms with E-state index in [2.05, 4.69) is 24.3 Å². The highest BCUT2D eigenvalue weighted by atomic mass is 19.1. The molecule has 1 saturated heterocycles. The molecule has 0 radical (unpaired) electrons. The first-order chi connectivity index (χ1) is 13.7. The molecule has 0 aromatic heterocycles. The molecule has 7 rings (SSSR count). The summed E-state index contributed by atoms with van der Waals surface area (Å²) in [7, 11) is 0. The highest BCUT2D eigenvalue weighted by Crippen LogP contribution is 2.61. The molecule has 0 saturated carbocycles. The molecule has 3 nitrogen and oxygen atoms in total. The lowest BCUT2D eigenvalue weighted by molar-refractivity contribution is -0.122. The highest BCUT2D eigenvalue weighted by Gasteiger charge is 2.61. The fraction of sp³-hybridized carbons (Fsp3) is 0.167. The third kappa shape index (κ3) is 1.82. The standard InChI is InChI=1S/C24H16FNO2/c25-13-9-11-14(12-10-13)26-23(27)21-19-15-5-1-2-6-16(15)20(22(21)24(26)28)18-8-4-3-7-17(18)19/h1-12,19-22H/t19?,20?,21-,22-/m0/s1. The molecule has 0 unspecified atom stereocenters. The Morgan fingerprint density at radius 2 is 1.00 bits per heavy atom. The molecule has 3 aromatic carbocycles. The van der Waals surface area contributed by atoms with Crippen LogP contribution in [0.4, 0.5) is 10.1 Å². The summed E-state index contributed by atoms with van der Waals surface area (Å²) < 4.78 is 13.4. The third-order valence-corrected chi connectivity index (χ3v) is 6.53. The van der Waals surface area contributed by atoms with Crippen LogP contribution in [0.3, 0.4) is 0 Å². The average Bonchev–Trinajstić information content (AvgIpc) is 3.00. The molecule has 1 heterocycles. The number of rotatable bonds is 1. The molecule has 136 valence electrons. The molecule has 1 fully saturated rings. The SMILES string of the molecule is O=C1[C@H]2C3c4ccccc4C(c4ccccc43)[C@@H]2C(=O)N1c1ccc(F)cc1. The summed E-state index contributed by atoms with van der Waals surface area (Å²) in [6.45, 7) is 0. The second-order valence-electron chi connectivity index (χ2n) is 7.75. The Balaban J connectivity index is 1.57. The fourth-order valence-corrected chi connectivity index (χ4v) is 5.52. The maximum Gasteiger partial charge on any atom is 0.238 e. The zero-order valence-electron chi connectivity index (χ0n) is 14.9. The number of carbonyl (C=O) groups is 2. The number of hydrogen-bond acceptors (Lipinski definition) is 2. The van der Waals surface area contributed by atoms with Gasteiger partial charge in [-0.05, 0) is 46.5 Å². The van der Waals surface area contributed by atoms with Crippen molar-refractivity contribution in [2.24, 2.45) is 11.8 Å². The zero-order valence-corrected chi connectivity index (χ0v) is 14.9. The van der Waals surface area contributed by atoms with E-state index < -0.39 is 11.8 Å². The van der Waals surface area contributed by atoms with Gasteiger partial charge in [0.25, 0.3) is 0 Å². The van der Waals surface area contributed by atoms with Crippen LogP contribution in [0, 0.1) is 17.7 Å². The van der Waals surface area contributed by atoms with Gasteiger partial charge in [-0.2, -0.15) is 0 Å². The fourth-order valence-electron chi connectivity index (χ4n) is 5.52. The molecule has 0 spiro atoms. The number of carbonyl (C=O) groups excluding carboxylic acids is 2. The summed E-state index contributed by atoms with van der Waals surface area (Å²) in [6, 6.07) is 21.9. The minimum atomic E-state index is -0.410. The Bertz CT molecular complexity index is 1040. The molecule has 0 N–H and O–H groups in total. The first-order valence-corrected chi connectivity index (χ1v) is 9.48. The lowest BCUT2D eigenvalue weighted by atomic mass is 9.55. The van der Waals surface area contributed by atoms with Crippen molar-refractivity contribution in [2.75, 3.05) is 4.90 Å². The van der Waals surface area contributed by atoms with Gasteiger partial charge in [-0.1, -0.05) is 48.5 Å². The number of anilines is 1. The molecule has 4 heteroatoms. The highest BCUT2D eigenvalue weighted by molar-refractivity contribution is 6.23. The van der Waals surface area contributed by atoms with E-state index in [0.29, 0.717) is 5.69 Å². The third-order valence-electron chi connectivity index (χ3n) is 6.53. The van der Waals surface area contributed by atoms with Gasteiger partial charge < -0.3 is 0 Å². The van der Waals surface area contributed by atoms with E-state index in [9.17, 15) is 14.0 Å². The lowest BCUT2D eigenvalue weighted by Gasteiger charge is -2.45. The van der Waals surface area contributed by atoms with E-state index in [1.165, 1.54) is 29.2 Å². The van der Waals surface area contributed by atoms with E-state index in [0.717, 1.165) is 22.3 Å². The van der Waals surface area contributed by atoms with E-state index in [1.54, 1.807) is 0 Å². The summed E-state index contributed by atoms with van der Waals surface area (Å²) in [5, 5.41) is 0. The minimum Gasteiger partial charge on any atom is -0.274 e. The van der Waals surface area contributed by atoms with Crippen LogP contribution in [0.2, 0.25) is 0 Å². The molecule has 4 aliphatic rings. The van der Waals surface area contributed by atoms with Crippen LogP contribution in [0.1, 0.15) is 34.1 Å². The van der Waals surface area contributed by atoms with Crippen LogP contribution in [-0.4, -0.2) is 11.8 Å². The van der Waals surface area contributed by atoms with E-state index in [4.69, 9.17) is 0 Å². The van der Waals surface area contributed by atoms with Crippen molar-refractivity contribution >= 4 is 17.5 Å². The molecule has 2 amide bonds. The maximum atomic E-state index is 13.5. The van der Waals surface area contributed by atoms with Gasteiger partial charge in [0.1, 0.15) is 5.82 Å². The van der Waals surface area contributed by atoms with Gasteiger partial charge in [0.2, 0.25) is 11.8 Å². The van der Waals surface area contributed by atoms with Crippen molar-refractivity contribution < 1.29 is 14.0 Å². The van der Waals surface area contributed by atoms with Gasteiger partial charge in [0, 0.05) is 11.8 Å². The summed E-state index contributed by atoms with van der Waals surface area (Å²) in [5.41, 5.74) is 5.03. The van der Waals surface area contributed by atoms with Crippen molar-refractivity contribution in [3.63, 3.8) is 0 Å². The average molecular weight is 369 g/mol. The summed E-state index contributed by atoms with van der Waals surface area (Å²) in [5.74, 6) is -1.81. The summed E-state index contributed by atoms with van der Waals surface area (Å²) in [4.78, 5) is 28.2. The Hall–Kier alpha value is -3.27. The quantitative estimate of drug-likeness (QED) is 0.602. The van der Waals surface area contributed by atoms with Gasteiger partial charge in [-0.25, -0.2) is 9.29 Å². The lowest BCUT2D eigenvalue weighted by Crippen LogP contribution is -2.41. The Morgan fingerprint density at radius 3 is 1.39 bits per heavy atom. The Kier molecular flexibility index (Phi) is 3.03. The molecule has 1 aliphatic heterocycles. The predicted octanol–water partition coefficient (Wildman–Crippen LogP) is 4.22. The zero-order chi connectivity index (χ0) is 19.0. The first kappa shape index (κ1) is 15.8. The molecule has 3 aliphatic carbocycles. The van der Waals surface area contributed by atoms with Gasteiger partial charge in [-0.3, -0.25) is 9.59 Å². The van der Waals surface area contributed by atoms with Crippen LogP contribution >= 0.6 is 0 Å². The molecule has 2 atom stereocenters. The summed E-state index contributed by atoms with van der Waals surface area (Å²) in [6.07, 6.45) is 0. The van der Waals surface area contributed by atoms with Gasteiger partial charge in [0.15, 0.2) is 0 Å². The van der Waals surface area contributed by atoms with Crippen molar-refractivity contribution in [1.29, 1.82) is 0 Å². The molecular weight excluding hydrogens is 353 g/mol. The predicted molar refractivity (Wildman–Crippen MR) is 102 cm³/mol. The number of halogens is 1. The number of imide groups is 1. The van der Waals surface area contributed by atoms with Crippen molar-refractivity contribution in [3.05, 3.63) is 101 Å². The van der Waals surface area contributed by atoms with Crippen LogP contribution in [0.25, 0.3) is 0 Å². The smallest absolute Gasteiger partial charge is 0.238 e. The molecule has 3 aromatic rings. The van der Waals surface area contributed by atoms with Crippen LogP contribution in [0.5, 0.6) is 0 Å². The van der Waals surface area contributed by atoms with Gasteiger partial charge in [-0.15, -0.1) is 0 Å². The Morgan fingerprint density at radius 1 is 0.607 bits per heavy atom. The van der Waals surface area contributed by atoms with Crippen LogP contribution in [0.15, 0.2) is 72.8 Å². The topological polar surface area (TPSA) is 37.4 Å². The number of amides is 2. The molecule has 2 bridgehead atoms. The van der Waals surface area contributed by atoms with Crippen molar-refractivity contribution in [1.82, 2.24) is 0 Å². The second-order valence-corrected chi connectivity index (χ2v) is 7.75. The Labute approximate surface area is 161 Å². The van der Waals surface area contributed by atoms with Crippen LogP contribution in [-0.2, 0) is 9.59 Å². The van der Waals surface area contributed by atoms with Crippen LogP contribution < -0.4 is 4.90 Å². The second kappa shape index (κ2) is 5.38. The van der Waals surface area contributed by atoms with Crippen molar-refractivity contribution in [3.8, 4) is 0 Å². The molecular formula is C24H16FNO2. The molecule has 28 heavy (non-hydrogen) atoms.